The highest BCUT2D eigenvalue weighted by Crippen LogP contribution is 2.29. The maximum Gasteiger partial charge on any atom is 0.0399 e. The molecule has 0 saturated carbocycles. The average molecular weight is 246 g/mol. The monoisotopic (exact) mass is 246 g/mol. The van der Waals surface area contributed by atoms with Crippen molar-refractivity contribution in [3.05, 3.63) is 29.8 Å². The van der Waals surface area contributed by atoms with Crippen LogP contribution in [0, 0.1) is 5.92 Å². The quantitative estimate of drug-likeness (QED) is 0.864. The van der Waals surface area contributed by atoms with Crippen LogP contribution in [0.4, 0.5) is 5.69 Å². The van der Waals surface area contributed by atoms with Crippen molar-refractivity contribution in [1.82, 2.24) is 0 Å². The van der Waals surface area contributed by atoms with Gasteiger partial charge in [-0.25, -0.2) is 0 Å². The minimum absolute atomic E-state index is 0.236. The smallest absolute Gasteiger partial charge is 0.0399 e. The van der Waals surface area contributed by atoms with Crippen molar-refractivity contribution < 1.29 is 0 Å². The van der Waals surface area contributed by atoms with E-state index in [-0.39, 0.29) is 6.04 Å². The molecule has 0 amide bonds. The molecular weight excluding hydrogens is 220 g/mol. The Balaban J connectivity index is 2.09. The van der Waals surface area contributed by atoms with E-state index in [2.05, 4.69) is 43.0 Å². The molecule has 1 aromatic carbocycles. The summed E-state index contributed by atoms with van der Waals surface area (Å²) < 4.78 is 0. The predicted molar refractivity (Wildman–Crippen MR) is 79.0 cm³/mol. The highest BCUT2D eigenvalue weighted by molar-refractivity contribution is 5.54. The lowest BCUT2D eigenvalue weighted by atomic mass is 10.0. The first kappa shape index (κ1) is 13.4. The molecule has 0 bridgehead atoms. The van der Waals surface area contributed by atoms with E-state index in [0.717, 1.165) is 12.3 Å². The van der Waals surface area contributed by atoms with Gasteiger partial charge in [-0.05, 0) is 43.7 Å². The highest BCUT2D eigenvalue weighted by Gasteiger charge is 2.23. The molecule has 1 aromatic rings. The van der Waals surface area contributed by atoms with Crippen LogP contribution in [0.3, 0.4) is 0 Å². The van der Waals surface area contributed by atoms with Gasteiger partial charge in [0.25, 0.3) is 0 Å². The topological polar surface area (TPSA) is 29.3 Å². The van der Waals surface area contributed by atoms with Gasteiger partial charge in [-0.1, -0.05) is 31.5 Å². The third kappa shape index (κ3) is 3.26. The van der Waals surface area contributed by atoms with E-state index in [4.69, 9.17) is 5.73 Å². The van der Waals surface area contributed by atoms with E-state index in [1.165, 1.54) is 43.6 Å². The van der Waals surface area contributed by atoms with Crippen LogP contribution in [0.1, 0.15) is 38.7 Å². The standard InChI is InChI=1S/C16H26N2/c1-3-6-14-9-10-18(12-14)16-8-5-4-7-15(16)11-13(2)17/h4-5,7-8,13-14H,3,6,9-12,17H2,1-2H3. The van der Waals surface area contributed by atoms with Crippen molar-refractivity contribution >= 4 is 5.69 Å². The molecule has 1 aliphatic rings. The van der Waals surface area contributed by atoms with Crippen molar-refractivity contribution in [2.24, 2.45) is 11.7 Å². The Hall–Kier alpha value is -1.02. The minimum Gasteiger partial charge on any atom is -0.371 e. The summed E-state index contributed by atoms with van der Waals surface area (Å²) >= 11 is 0. The Morgan fingerprint density at radius 1 is 1.39 bits per heavy atom. The van der Waals surface area contributed by atoms with Gasteiger partial charge >= 0.3 is 0 Å². The maximum atomic E-state index is 5.95. The summed E-state index contributed by atoms with van der Waals surface area (Å²) in [5.74, 6) is 0.887. The summed E-state index contributed by atoms with van der Waals surface area (Å²) in [7, 11) is 0. The third-order valence-corrected chi connectivity index (χ3v) is 3.86. The van der Waals surface area contributed by atoms with E-state index in [1.807, 2.05) is 0 Å². The van der Waals surface area contributed by atoms with Crippen LogP contribution in [0.2, 0.25) is 0 Å². The van der Waals surface area contributed by atoms with E-state index >= 15 is 0 Å². The number of hydrogen-bond donors (Lipinski definition) is 1. The number of para-hydroxylation sites is 1. The van der Waals surface area contributed by atoms with Crippen molar-refractivity contribution in [3.63, 3.8) is 0 Å². The van der Waals surface area contributed by atoms with Gasteiger partial charge < -0.3 is 10.6 Å². The Kier molecular flexibility index (Phi) is 4.65. The summed E-state index contributed by atoms with van der Waals surface area (Å²) in [5.41, 5.74) is 8.77. The minimum atomic E-state index is 0.236. The lowest BCUT2D eigenvalue weighted by Gasteiger charge is -2.23. The zero-order chi connectivity index (χ0) is 13.0. The lowest BCUT2D eigenvalue weighted by molar-refractivity contribution is 0.529. The third-order valence-electron chi connectivity index (χ3n) is 3.86. The maximum absolute atomic E-state index is 5.95. The zero-order valence-corrected chi connectivity index (χ0v) is 11.7. The van der Waals surface area contributed by atoms with Crippen LogP contribution in [0.25, 0.3) is 0 Å². The molecule has 2 nitrogen and oxygen atoms in total. The summed E-state index contributed by atoms with van der Waals surface area (Å²) in [5, 5.41) is 0. The van der Waals surface area contributed by atoms with Crippen molar-refractivity contribution in [3.8, 4) is 0 Å². The Morgan fingerprint density at radius 3 is 2.89 bits per heavy atom. The van der Waals surface area contributed by atoms with Crippen LogP contribution in [0.5, 0.6) is 0 Å². The number of rotatable bonds is 5. The molecule has 2 heteroatoms. The van der Waals surface area contributed by atoms with Crippen molar-refractivity contribution in [1.29, 1.82) is 0 Å². The van der Waals surface area contributed by atoms with Crippen LogP contribution >= 0.6 is 0 Å². The molecule has 0 aromatic heterocycles. The van der Waals surface area contributed by atoms with Gasteiger partial charge in [-0.2, -0.15) is 0 Å². The van der Waals surface area contributed by atoms with Crippen molar-refractivity contribution in [2.75, 3.05) is 18.0 Å². The molecule has 1 saturated heterocycles. The molecule has 1 fully saturated rings. The van der Waals surface area contributed by atoms with E-state index in [1.54, 1.807) is 0 Å². The van der Waals surface area contributed by atoms with Crippen LogP contribution in [-0.4, -0.2) is 19.1 Å². The van der Waals surface area contributed by atoms with Crippen LogP contribution < -0.4 is 10.6 Å². The Labute approximate surface area is 111 Å². The second kappa shape index (κ2) is 6.24. The van der Waals surface area contributed by atoms with Gasteiger partial charge in [0.2, 0.25) is 0 Å². The first-order valence-electron chi connectivity index (χ1n) is 7.29. The summed E-state index contributed by atoms with van der Waals surface area (Å²) in [6.07, 6.45) is 5.00. The fraction of sp³-hybridized carbons (Fsp3) is 0.625. The average Bonchev–Trinajstić information content (AvgIpc) is 2.78. The molecule has 1 heterocycles. The normalized spacial score (nSPS) is 21.3. The fourth-order valence-corrected chi connectivity index (χ4v) is 3.03. The second-order valence-electron chi connectivity index (χ2n) is 5.70. The summed E-state index contributed by atoms with van der Waals surface area (Å²) in [6.45, 7) is 6.80. The highest BCUT2D eigenvalue weighted by atomic mass is 15.2. The van der Waals surface area contributed by atoms with Crippen molar-refractivity contribution in [2.45, 2.75) is 45.6 Å². The SMILES string of the molecule is CCCC1CCN(c2ccccc2CC(C)N)C1. The van der Waals surface area contributed by atoms with Gasteiger partial charge in [-0.15, -0.1) is 0 Å². The van der Waals surface area contributed by atoms with E-state index in [0.29, 0.717) is 0 Å². The molecule has 0 radical (unpaired) electrons. The van der Waals surface area contributed by atoms with Crippen LogP contribution in [0.15, 0.2) is 24.3 Å². The Morgan fingerprint density at radius 2 is 2.17 bits per heavy atom. The van der Waals surface area contributed by atoms with Gasteiger partial charge in [0.05, 0.1) is 0 Å². The van der Waals surface area contributed by atoms with Gasteiger partial charge in [0.15, 0.2) is 0 Å². The van der Waals surface area contributed by atoms with E-state index in [9.17, 15) is 0 Å². The molecule has 0 spiro atoms. The number of nitrogens with two attached hydrogens (primary N) is 1. The van der Waals surface area contributed by atoms with Gasteiger partial charge in [-0.3, -0.25) is 0 Å². The first-order chi connectivity index (χ1) is 8.70. The molecule has 2 rings (SSSR count). The summed E-state index contributed by atoms with van der Waals surface area (Å²) in [6, 6.07) is 8.99. The lowest BCUT2D eigenvalue weighted by Crippen LogP contribution is -2.24. The number of benzene rings is 1. The number of hydrogen-bond acceptors (Lipinski definition) is 2. The fourth-order valence-electron chi connectivity index (χ4n) is 3.03. The number of nitrogens with zero attached hydrogens (tertiary/aromatic N) is 1. The second-order valence-corrected chi connectivity index (χ2v) is 5.70. The molecule has 18 heavy (non-hydrogen) atoms. The largest absolute Gasteiger partial charge is 0.371 e. The summed E-state index contributed by atoms with van der Waals surface area (Å²) in [4.78, 5) is 2.55. The molecule has 2 N–H and O–H groups in total. The zero-order valence-electron chi connectivity index (χ0n) is 11.7. The molecular formula is C16H26N2. The molecule has 1 aliphatic heterocycles. The molecule has 100 valence electrons. The predicted octanol–water partition coefficient (Wildman–Crippen LogP) is 3.20. The number of anilines is 1. The van der Waals surface area contributed by atoms with Gasteiger partial charge in [0.1, 0.15) is 0 Å². The first-order valence-corrected chi connectivity index (χ1v) is 7.29. The van der Waals surface area contributed by atoms with Gasteiger partial charge in [0, 0.05) is 24.8 Å². The van der Waals surface area contributed by atoms with E-state index < -0.39 is 0 Å². The molecule has 2 atom stereocenters. The molecule has 2 unspecified atom stereocenters. The Bertz CT molecular complexity index is 373. The van der Waals surface area contributed by atoms with Crippen LogP contribution in [-0.2, 0) is 6.42 Å². The molecule has 0 aliphatic carbocycles.